The monoisotopic (exact) mass is 370 g/mol. The number of carbonyl (C=O) groups is 2. The van der Waals surface area contributed by atoms with Crippen molar-refractivity contribution in [2.24, 2.45) is 0 Å². The molecular weight excluding hydrogens is 352 g/mol. The van der Waals surface area contributed by atoms with Gasteiger partial charge in [-0.15, -0.1) is 0 Å². The van der Waals surface area contributed by atoms with E-state index in [2.05, 4.69) is 0 Å². The Bertz CT molecular complexity index is 1090. The number of allylic oxidation sites excluding steroid dienone is 2. The van der Waals surface area contributed by atoms with Gasteiger partial charge in [-0.25, -0.2) is 0 Å². The van der Waals surface area contributed by atoms with Gasteiger partial charge < -0.3 is 10.2 Å². The van der Waals surface area contributed by atoms with Crippen LogP contribution in [0.25, 0.3) is 11.1 Å². The summed E-state index contributed by atoms with van der Waals surface area (Å²) in [5.74, 6) is -0.465. The van der Waals surface area contributed by atoms with Crippen molar-refractivity contribution >= 4 is 22.7 Å². The number of aryl methyl sites for hydroxylation is 2. The molecule has 0 saturated heterocycles. The van der Waals surface area contributed by atoms with E-state index in [1.165, 1.54) is 12.1 Å². The lowest BCUT2D eigenvalue weighted by atomic mass is 9.78. The highest BCUT2D eigenvalue weighted by Gasteiger charge is 2.33. The second kappa shape index (κ2) is 6.50. The van der Waals surface area contributed by atoms with Crippen molar-refractivity contribution in [3.8, 4) is 11.5 Å². The van der Waals surface area contributed by atoms with Crippen LogP contribution in [0.5, 0.6) is 11.5 Å². The molecule has 2 N–H and O–H groups in total. The Morgan fingerprint density at radius 1 is 0.607 bits per heavy atom. The number of rotatable bonds is 2. The molecule has 0 unspecified atom stereocenters. The normalized spacial score (nSPS) is 13.6. The van der Waals surface area contributed by atoms with E-state index in [1.807, 2.05) is 0 Å². The molecule has 4 heteroatoms. The number of benzene rings is 3. The van der Waals surface area contributed by atoms with Gasteiger partial charge in [0, 0.05) is 22.3 Å². The van der Waals surface area contributed by atoms with Gasteiger partial charge in [0.05, 0.1) is 0 Å². The molecule has 0 atom stereocenters. The number of phenols is 2. The van der Waals surface area contributed by atoms with Crippen molar-refractivity contribution in [1.29, 1.82) is 0 Å². The summed E-state index contributed by atoms with van der Waals surface area (Å²) in [6.45, 7) is 3.52. The topological polar surface area (TPSA) is 74.6 Å². The van der Waals surface area contributed by atoms with E-state index in [4.69, 9.17) is 0 Å². The molecule has 0 radical (unpaired) electrons. The Balaban J connectivity index is 2.06. The number of hydrogen-bond acceptors (Lipinski definition) is 4. The highest BCUT2D eigenvalue weighted by molar-refractivity contribution is 6.51. The van der Waals surface area contributed by atoms with Gasteiger partial charge in [-0.1, -0.05) is 48.5 Å². The van der Waals surface area contributed by atoms with Crippen LogP contribution in [-0.4, -0.2) is 21.8 Å². The third-order valence-corrected chi connectivity index (χ3v) is 5.12. The van der Waals surface area contributed by atoms with Gasteiger partial charge in [0.1, 0.15) is 11.5 Å². The Labute approximate surface area is 162 Å². The van der Waals surface area contributed by atoms with E-state index in [0.29, 0.717) is 33.4 Å². The molecule has 138 valence electrons. The molecule has 0 aromatic heterocycles. The standard InChI is InChI=1S/C24H18O4/c1-13-7-9-15(11-19(13)25)21-22(16-10-8-14(2)20(26)12-16)24(28)18-6-4-3-5-17(18)23(21)27/h3-12,25-26H,1-2H3. The number of phenolic OH excluding ortho intramolecular Hbond substituents is 2. The summed E-state index contributed by atoms with van der Waals surface area (Å²) in [4.78, 5) is 26.7. The first-order valence-corrected chi connectivity index (χ1v) is 8.91. The molecule has 1 aliphatic carbocycles. The molecule has 0 fully saturated rings. The second-order valence-corrected chi connectivity index (χ2v) is 6.96. The predicted molar refractivity (Wildman–Crippen MR) is 108 cm³/mol. The number of hydrogen-bond donors (Lipinski definition) is 2. The minimum Gasteiger partial charge on any atom is -0.508 e. The van der Waals surface area contributed by atoms with Gasteiger partial charge in [0.2, 0.25) is 0 Å². The van der Waals surface area contributed by atoms with Crippen LogP contribution in [0.4, 0.5) is 0 Å². The van der Waals surface area contributed by atoms with Gasteiger partial charge >= 0.3 is 0 Å². The highest BCUT2D eigenvalue weighted by atomic mass is 16.3. The molecule has 3 aromatic carbocycles. The maximum absolute atomic E-state index is 13.3. The first kappa shape index (κ1) is 17.7. The van der Waals surface area contributed by atoms with Crippen molar-refractivity contribution < 1.29 is 19.8 Å². The summed E-state index contributed by atoms with van der Waals surface area (Å²) >= 11 is 0. The quantitative estimate of drug-likeness (QED) is 0.685. The lowest BCUT2D eigenvalue weighted by Gasteiger charge is -2.22. The first-order chi connectivity index (χ1) is 13.4. The summed E-state index contributed by atoms with van der Waals surface area (Å²) in [6, 6.07) is 16.6. The molecule has 3 aromatic rings. The van der Waals surface area contributed by atoms with Crippen molar-refractivity contribution in [2.75, 3.05) is 0 Å². The number of carbonyl (C=O) groups excluding carboxylic acids is 2. The summed E-state index contributed by atoms with van der Waals surface area (Å²) in [6.07, 6.45) is 0. The molecule has 0 amide bonds. The predicted octanol–water partition coefficient (Wildman–Crippen LogP) is 4.70. The number of fused-ring (bicyclic) bond motifs is 1. The van der Waals surface area contributed by atoms with E-state index < -0.39 is 0 Å². The average Bonchev–Trinajstić information content (AvgIpc) is 2.69. The zero-order chi connectivity index (χ0) is 20.0. The van der Waals surface area contributed by atoms with E-state index in [0.717, 1.165) is 0 Å². The summed E-state index contributed by atoms with van der Waals surface area (Å²) < 4.78 is 0. The molecule has 1 aliphatic rings. The Kier molecular flexibility index (Phi) is 4.12. The Morgan fingerprint density at radius 2 is 1.00 bits per heavy atom. The zero-order valence-corrected chi connectivity index (χ0v) is 15.5. The van der Waals surface area contributed by atoms with Crippen molar-refractivity contribution in [1.82, 2.24) is 0 Å². The molecular formula is C24H18O4. The molecule has 0 saturated carbocycles. The van der Waals surface area contributed by atoms with Crippen molar-refractivity contribution in [3.63, 3.8) is 0 Å². The van der Waals surface area contributed by atoms with E-state index >= 15 is 0 Å². The third-order valence-electron chi connectivity index (χ3n) is 5.12. The third kappa shape index (κ3) is 2.70. The van der Waals surface area contributed by atoms with Crippen molar-refractivity contribution in [2.45, 2.75) is 13.8 Å². The fourth-order valence-electron chi connectivity index (χ4n) is 3.46. The SMILES string of the molecule is Cc1ccc(C2=C(c3ccc(C)c(O)c3)C(=O)c3ccccc3C2=O)cc1O. The zero-order valence-electron chi connectivity index (χ0n) is 15.5. The lowest BCUT2D eigenvalue weighted by Crippen LogP contribution is -2.20. The molecule has 0 spiro atoms. The maximum atomic E-state index is 13.3. The molecule has 0 aliphatic heterocycles. The van der Waals surface area contributed by atoms with E-state index in [1.54, 1.807) is 62.4 Å². The summed E-state index contributed by atoms with van der Waals surface area (Å²) in [7, 11) is 0. The van der Waals surface area contributed by atoms with E-state index in [-0.39, 0.29) is 34.2 Å². The number of aromatic hydroxyl groups is 2. The van der Waals surface area contributed by atoms with Gasteiger partial charge in [-0.2, -0.15) is 0 Å². The van der Waals surface area contributed by atoms with Crippen LogP contribution in [0.2, 0.25) is 0 Å². The van der Waals surface area contributed by atoms with Crippen LogP contribution in [0, 0.1) is 13.8 Å². The van der Waals surface area contributed by atoms with Gasteiger partial charge in [0.25, 0.3) is 0 Å². The minimum absolute atomic E-state index is 0.0511. The number of Topliss-reactive ketones (excluding diaryl/α,β-unsaturated/α-hetero) is 2. The average molecular weight is 370 g/mol. The van der Waals surface area contributed by atoms with Gasteiger partial charge in [0.15, 0.2) is 11.6 Å². The first-order valence-electron chi connectivity index (χ1n) is 8.91. The van der Waals surface area contributed by atoms with Crippen LogP contribution < -0.4 is 0 Å². The maximum Gasteiger partial charge on any atom is 0.195 e. The lowest BCUT2D eigenvalue weighted by molar-refractivity contribution is 0.101. The summed E-state index contributed by atoms with van der Waals surface area (Å²) in [5.41, 5.74) is 3.40. The van der Waals surface area contributed by atoms with Crippen LogP contribution in [0.15, 0.2) is 60.7 Å². The van der Waals surface area contributed by atoms with Crippen LogP contribution in [0.1, 0.15) is 43.0 Å². The summed E-state index contributed by atoms with van der Waals surface area (Å²) in [5, 5.41) is 20.3. The van der Waals surface area contributed by atoms with Gasteiger partial charge in [-0.3, -0.25) is 9.59 Å². The second-order valence-electron chi connectivity index (χ2n) is 6.96. The Morgan fingerprint density at radius 3 is 1.36 bits per heavy atom. The van der Waals surface area contributed by atoms with Crippen LogP contribution in [0.3, 0.4) is 0 Å². The molecule has 4 rings (SSSR count). The van der Waals surface area contributed by atoms with Crippen LogP contribution in [-0.2, 0) is 0 Å². The van der Waals surface area contributed by atoms with Gasteiger partial charge in [-0.05, 0) is 48.2 Å². The molecule has 28 heavy (non-hydrogen) atoms. The molecule has 0 heterocycles. The highest BCUT2D eigenvalue weighted by Crippen LogP contribution is 2.39. The smallest absolute Gasteiger partial charge is 0.195 e. The van der Waals surface area contributed by atoms with Crippen LogP contribution >= 0.6 is 0 Å². The Hall–Kier alpha value is -3.66. The largest absolute Gasteiger partial charge is 0.508 e. The fourth-order valence-corrected chi connectivity index (χ4v) is 3.46. The minimum atomic E-state index is -0.284. The molecule has 0 bridgehead atoms. The van der Waals surface area contributed by atoms with Crippen molar-refractivity contribution in [3.05, 3.63) is 94.0 Å². The fraction of sp³-hybridized carbons (Fsp3) is 0.0833. The van der Waals surface area contributed by atoms with E-state index in [9.17, 15) is 19.8 Å². The molecule has 4 nitrogen and oxygen atoms in total. The number of ketones is 2.